The molecular weight excluding hydrogens is 240 g/mol. The van der Waals surface area contributed by atoms with Crippen molar-refractivity contribution in [2.24, 2.45) is 5.73 Å². The van der Waals surface area contributed by atoms with E-state index in [4.69, 9.17) is 5.73 Å². The Labute approximate surface area is 113 Å². The van der Waals surface area contributed by atoms with Gasteiger partial charge in [-0.1, -0.05) is 43.0 Å². The predicted octanol–water partition coefficient (Wildman–Crippen LogP) is 3.95. The van der Waals surface area contributed by atoms with Crippen molar-refractivity contribution < 1.29 is 0 Å². The number of nitrogens with two attached hydrogens (primary N) is 1. The van der Waals surface area contributed by atoms with E-state index in [1.54, 1.807) is 11.8 Å². The second kappa shape index (κ2) is 6.03. The molecule has 3 heteroatoms. The third-order valence-electron chi connectivity index (χ3n) is 2.88. The number of benzene rings is 1. The van der Waals surface area contributed by atoms with Gasteiger partial charge >= 0.3 is 0 Å². The zero-order valence-corrected chi connectivity index (χ0v) is 11.6. The minimum absolute atomic E-state index is 0.0898. The van der Waals surface area contributed by atoms with Crippen LogP contribution in [-0.2, 0) is 0 Å². The molecule has 2 aromatic rings. The van der Waals surface area contributed by atoms with Crippen molar-refractivity contribution in [1.82, 2.24) is 4.98 Å². The number of aryl methyl sites for hydroxylation is 1. The lowest BCUT2D eigenvalue weighted by molar-refractivity contribution is 0.691. The van der Waals surface area contributed by atoms with Gasteiger partial charge in [0.2, 0.25) is 0 Å². The molecule has 0 bridgehead atoms. The molecule has 0 aliphatic carbocycles. The van der Waals surface area contributed by atoms with Crippen LogP contribution in [0.3, 0.4) is 0 Å². The molecule has 1 heterocycles. The lowest BCUT2D eigenvalue weighted by atomic mass is 10.1. The van der Waals surface area contributed by atoms with E-state index < -0.39 is 0 Å². The van der Waals surface area contributed by atoms with Gasteiger partial charge in [0.25, 0.3) is 0 Å². The van der Waals surface area contributed by atoms with Crippen LogP contribution in [0.25, 0.3) is 0 Å². The third kappa shape index (κ3) is 3.12. The molecule has 0 aliphatic heterocycles. The fraction of sp³-hybridized carbons (Fsp3) is 0.267. The van der Waals surface area contributed by atoms with Crippen LogP contribution in [0.15, 0.2) is 52.5 Å². The topological polar surface area (TPSA) is 38.9 Å². The van der Waals surface area contributed by atoms with Crippen LogP contribution in [0.2, 0.25) is 0 Å². The Morgan fingerprint density at radius 3 is 2.61 bits per heavy atom. The van der Waals surface area contributed by atoms with Crippen molar-refractivity contribution in [2.45, 2.75) is 36.2 Å². The highest BCUT2D eigenvalue weighted by Crippen LogP contribution is 2.29. The average molecular weight is 258 g/mol. The Balaban J connectivity index is 2.20. The van der Waals surface area contributed by atoms with Crippen LogP contribution in [0.5, 0.6) is 0 Å². The normalized spacial score (nSPS) is 12.4. The molecular formula is C15H18N2S. The molecule has 2 nitrogen and oxygen atoms in total. The van der Waals surface area contributed by atoms with Crippen LogP contribution in [0.4, 0.5) is 0 Å². The van der Waals surface area contributed by atoms with Crippen LogP contribution >= 0.6 is 11.8 Å². The SMILES string of the molecule is CC[C@@H](N)c1cnc(Sc2ccccc2)c(C)c1. The highest BCUT2D eigenvalue weighted by molar-refractivity contribution is 7.99. The van der Waals surface area contributed by atoms with Gasteiger partial charge in [0.1, 0.15) is 5.03 Å². The maximum Gasteiger partial charge on any atom is 0.104 e. The summed E-state index contributed by atoms with van der Waals surface area (Å²) >= 11 is 1.69. The van der Waals surface area contributed by atoms with Gasteiger partial charge in [-0.2, -0.15) is 0 Å². The molecule has 0 saturated heterocycles. The Morgan fingerprint density at radius 1 is 1.28 bits per heavy atom. The highest BCUT2D eigenvalue weighted by Gasteiger charge is 2.08. The lowest BCUT2D eigenvalue weighted by Crippen LogP contribution is -2.09. The molecule has 1 atom stereocenters. The number of aromatic nitrogens is 1. The Bertz CT molecular complexity index is 511. The molecule has 0 spiro atoms. The molecule has 2 rings (SSSR count). The summed E-state index contributed by atoms with van der Waals surface area (Å²) in [6.45, 7) is 4.18. The summed E-state index contributed by atoms with van der Waals surface area (Å²) in [5.74, 6) is 0. The van der Waals surface area contributed by atoms with Gasteiger partial charge in [0, 0.05) is 17.1 Å². The van der Waals surface area contributed by atoms with Crippen molar-refractivity contribution in [2.75, 3.05) is 0 Å². The zero-order valence-electron chi connectivity index (χ0n) is 10.8. The smallest absolute Gasteiger partial charge is 0.104 e. The monoisotopic (exact) mass is 258 g/mol. The van der Waals surface area contributed by atoms with Crippen molar-refractivity contribution in [1.29, 1.82) is 0 Å². The van der Waals surface area contributed by atoms with Crippen LogP contribution in [0, 0.1) is 6.92 Å². The summed E-state index contributed by atoms with van der Waals surface area (Å²) in [5, 5.41) is 1.05. The van der Waals surface area contributed by atoms with E-state index in [-0.39, 0.29) is 6.04 Å². The molecule has 0 amide bonds. The molecule has 1 aromatic carbocycles. The summed E-state index contributed by atoms with van der Waals surface area (Å²) in [4.78, 5) is 5.73. The number of pyridine rings is 1. The summed E-state index contributed by atoms with van der Waals surface area (Å²) < 4.78 is 0. The van der Waals surface area contributed by atoms with Gasteiger partial charge in [0.15, 0.2) is 0 Å². The largest absolute Gasteiger partial charge is 0.324 e. The molecule has 0 radical (unpaired) electrons. The van der Waals surface area contributed by atoms with Crippen molar-refractivity contribution >= 4 is 11.8 Å². The summed E-state index contributed by atoms with van der Waals surface area (Å²) in [6, 6.07) is 12.5. The number of hydrogen-bond acceptors (Lipinski definition) is 3. The molecule has 0 fully saturated rings. The van der Waals surface area contributed by atoms with E-state index in [9.17, 15) is 0 Å². The fourth-order valence-corrected chi connectivity index (χ4v) is 2.57. The van der Waals surface area contributed by atoms with Crippen LogP contribution in [0.1, 0.15) is 30.5 Å². The molecule has 0 unspecified atom stereocenters. The van der Waals surface area contributed by atoms with Crippen LogP contribution in [-0.4, -0.2) is 4.98 Å². The number of hydrogen-bond donors (Lipinski definition) is 1. The number of rotatable bonds is 4. The van der Waals surface area contributed by atoms with Crippen molar-refractivity contribution in [3.8, 4) is 0 Å². The second-order valence-electron chi connectivity index (χ2n) is 4.32. The average Bonchev–Trinajstić information content (AvgIpc) is 2.41. The molecule has 18 heavy (non-hydrogen) atoms. The first-order chi connectivity index (χ1) is 8.70. The molecule has 1 aromatic heterocycles. The van der Waals surface area contributed by atoms with Gasteiger partial charge in [-0.15, -0.1) is 0 Å². The second-order valence-corrected chi connectivity index (χ2v) is 5.38. The summed E-state index contributed by atoms with van der Waals surface area (Å²) in [5.41, 5.74) is 8.32. The van der Waals surface area contributed by atoms with Gasteiger partial charge < -0.3 is 5.73 Å². The van der Waals surface area contributed by atoms with Crippen molar-refractivity contribution in [3.63, 3.8) is 0 Å². The Kier molecular flexibility index (Phi) is 4.39. The third-order valence-corrected chi connectivity index (χ3v) is 4.01. The Hall–Kier alpha value is -1.32. The predicted molar refractivity (Wildman–Crippen MR) is 76.8 cm³/mol. The molecule has 0 aliphatic rings. The van der Waals surface area contributed by atoms with E-state index in [0.717, 1.165) is 17.0 Å². The van der Waals surface area contributed by atoms with Crippen LogP contribution < -0.4 is 5.73 Å². The van der Waals surface area contributed by atoms with Gasteiger partial charge in [-0.3, -0.25) is 0 Å². The first-order valence-electron chi connectivity index (χ1n) is 6.15. The van der Waals surface area contributed by atoms with E-state index >= 15 is 0 Å². The zero-order chi connectivity index (χ0) is 13.0. The van der Waals surface area contributed by atoms with E-state index in [0.29, 0.717) is 0 Å². The maximum absolute atomic E-state index is 6.02. The standard InChI is InChI=1S/C15H18N2S/c1-3-14(16)12-9-11(2)15(17-10-12)18-13-7-5-4-6-8-13/h4-10,14H,3,16H2,1-2H3/t14-/m1/s1. The van der Waals surface area contributed by atoms with E-state index in [1.807, 2.05) is 24.4 Å². The molecule has 0 saturated carbocycles. The van der Waals surface area contributed by atoms with Gasteiger partial charge in [-0.05, 0) is 36.6 Å². The van der Waals surface area contributed by atoms with Crippen molar-refractivity contribution in [3.05, 3.63) is 53.7 Å². The lowest BCUT2D eigenvalue weighted by Gasteiger charge is -2.11. The van der Waals surface area contributed by atoms with E-state index in [1.165, 1.54) is 10.5 Å². The molecule has 94 valence electrons. The van der Waals surface area contributed by atoms with Gasteiger partial charge in [0.05, 0.1) is 0 Å². The molecule has 2 N–H and O–H groups in total. The minimum atomic E-state index is 0.0898. The number of nitrogens with zero attached hydrogens (tertiary/aromatic N) is 1. The fourth-order valence-electron chi connectivity index (χ4n) is 1.73. The summed E-state index contributed by atoms with van der Waals surface area (Å²) in [7, 11) is 0. The van der Waals surface area contributed by atoms with Gasteiger partial charge in [-0.25, -0.2) is 4.98 Å². The quantitative estimate of drug-likeness (QED) is 0.902. The first kappa shape index (κ1) is 13.1. The maximum atomic E-state index is 6.02. The highest BCUT2D eigenvalue weighted by atomic mass is 32.2. The minimum Gasteiger partial charge on any atom is -0.324 e. The Morgan fingerprint density at radius 2 is 2.00 bits per heavy atom. The first-order valence-corrected chi connectivity index (χ1v) is 6.97. The van der Waals surface area contributed by atoms with E-state index in [2.05, 4.69) is 37.0 Å². The summed E-state index contributed by atoms with van der Waals surface area (Å²) in [6.07, 6.45) is 2.83.